The molecule has 2 unspecified atom stereocenters. The van der Waals surface area contributed by atoms with Crippen LogP contribution in [0, 0.1) is 45.3 Å². The van der Waals surface area contributed by atoms with E-state index >= 15 is 0 Å². The first-order valence-corrected chi connectivity index (χ1v) is 17.4. The topological polar surface area (TPSA) is 160 Å². The zero-order valence-electron chi connectivity index (χ0n) is 28.8. The molecule has 7 N–H and O–H groups in total. The number of fused-ring (bicyclic) bond motifs is 5. The molecule has 9 nitrogen and oxygen atoms in total. The molecule has 0 aromatic carbocycles. The molecule has 5 fully saturated rings. The van der Waals surface area contributed by atoms with E-state index in [-0.39, 0.29) is 39.9 Å². The molecule has 0 aromatic rings. The van der Waals surface area contributed by atoms with E-state index in [1.807, 2.05) is 13.8 Å². The minimum atomic E-state index is -1.53. The van der Waals surface area contributed by atoms with Crippen molar-refractivity contribution in [3.05, 3.63) is 11.6 Å². The van der Waals surface area contributed by atoms with Crippen LogP contribution in [-0.2, 0) is 9.47 Å². The van der Waals surface area contributed by atoms with Crippen molar-refractivity contribution in [2.45, 2.75) is 161 Å². The van der Waals surface area contributed by atoms with Gasteiger partial charge in [0.25, 0.3) is 0 Å². The molecule has 260 valence electrons. The summed E-state index contributed by atoms with van der Waals surface area (Å²) in [5.74, 6) is 0.343. The molecule has 1 heterocycles. The normalized spacial score (nSPS) is 51.8. The Balaban J connectivity index is 1.52. The fraction of sp³-hybridized carbons (Fsp3) is 0.944. The van der Waals surface area contributed by atoms with Gasteiger partial charge in [0.05, 0.1) is 30.5 Å². The third kappa shape index (κ3) is 5.68. The molecule has 5 aliphatic rings. The summed E-state index contributed by atoms with van der Waals surface area (Å²) in [6, 6.07) is 0. The Labute approximate surface area is 270 Å². The Morgan fingerprint density at radius 1 is 0.933 bits per heavy atom. The van der Waals surface area contributed by atoms with E-state index in [4.69, 9.17) is 9.47 Å². The van der Waals surface area contributed by atoms with Crippen molar-refractivity contribution in [3.8, 4) is 0 Å². The largest absolute Gasteiger partial charge is 0.394 e. The third-order valence-corrected chi connectivity index (χ3v) is 14.2. The summed E-state index contributed by atoms with van der Waals surface area (Å²) >= 11 is 0. The van der Waals surface area contributed by atoms with Gasteiger partial charge in [-0.2, -0.15) is 0 Å². The zero-order chi connectivity index (χ0) is 33.5. The van der Waals surface area contributed by atoms with Crippen LogP contribution in [0.3, 0.4) is 0 Å². The Morgan fingerprint density at radius 3 is 2.22 bits per heavy atom. The fourth-order valence-corrected chi connectivity index (χ4v) is 11.7. The lowest BCUT2D eigenvalue weighted by Gasteiger charge is -2.72. The summed E-state index contributed by atoms with van der Waals surface area (Å²) in [6.07, 6.45) is 0.140. The summed E-state index contributed by atoms with van der Waals surface area (Å²) in [5, 5.41) is 75.5. The first kappa shape index (κ1) is 35.7. The van der Waals surface area contributed by atoms with E-state index in [0.717, 1.165) is 25.7 Å². The van der Waals surface area contributed by atoms with Gasteiger partial charge >= 0.3 is 0 Å². The van der Waals surface area contributed by atoms with Gasteiger partial charge in [-0.3, -0.25) is 0 Å². The summed E-state index contributed by atoms with van der Waals surface area (Å²) < 4.78 is 12.6. The first-order valence-electron chi connectivity index (χ1n) is 17.4. The number of aliphatic hydroxyl groups is 7. The zero-order valence-corrected chi connectivity index (χ0v) is 28.8. The van der Waals surface area contributed by atoms with E-state index in [1.165, 1.54) is 5.57 Å². The fourth-order valence-electron chi connectivity index (χ4n) is 11.7. The lowest BCUT2D eigenvalue weighted by Crippen LogP contribution is -2.70. The first-order chi connectivity index (χ1) is 20.7. The second kappa shape index (κ2) is 12.1. The average Bonchev–Trinajstić information content (AvgIpc) is 3.32. The third-order valence-electron chi connectivity index (χ3n) is 14.2. The summed E-state index contributed by atoms with van der Waals surface area (Å²) in [5.41, 5.74) is -0.729. The van der Waals surface area contributed by atoms with Crippen LogP contribution in [-0.4, -0.2) is 97.0 Å². The van der Waals surface area contributed by atoms with Gasteiger partial charge in [-0.1, -0.05) is 46.3 Å². The molecular formula is C36H62O9. The van der Waals surface area contributed by atoms with Gasteiger partial charge in [0, 0.05) is 0 Å². The van der Waals surface area contributed by atoms with Crippen LogP contribution >= 0.6 is 0 Å². The van der Waals surface area contributed by atoms with Crippen LogP contribution in [0.1, 0.15) is 107 Å². The molecular weight excluding hydrogens is 576 g/mol. The molecule has 9 heteroatoms. The van der Waals surface area contributed by atoms with E-state index in [9.17, 15) is 35.7 Å². The number of rotatable bonds is 7. The monoisotopic (exact) mass is 638 g/mol. The highest BCUT2D eigenvalue weighted by molar-refractivity contribution is 5.24. The van der Waals surface area contributed by atoms with Gasteiger partial charge < -0.3 is 45.2 Å². The number of aliphatic hydroxyl groups excluding tert-OH is 6. The molecule has 45 heavy (non-hydrogen) atoms. The second-order valence-electron chi connectivity index (χ2n) is 17.6. The van der Waals surface area contributed by atoms with E-state index in [0.29, 0.717) is 25.7 Å². The molecule has 1 saturated heterocycles. The minimum Gasteiger partial charge on any atom is -0.394 e. The molecule has 4 saturated carbocycles. The van der Waals surface area contributed by atoms with Crippen molar-refractivity contribution in [3.63, 3.8) is 0 Å². The molecule has 0 spiro atoms. The highest BCUT2D eigenvalue weighted by Crippen LogP contribution is 2.76. The lowest BCUT2D eigenvalue weighted by atomic mass is 9.34. The maximum absolute atomic E-state index is 12.1. The van der Waals surface area contributed by atoms with E-state index in [1.54, 1.807) is 0 Å². The molecule has 4 aliphatic carbocycles. The quantitative estimate of drug-likeness (QED) is 0.164. The van der Waals surface area contributed by atoms with Gasteiger partial charge in [-0.05, 0) is 117 Å². The Kier molecular flexibility index (Phi) is 9.56. The molecule has 1 aliphatic heterocycles. The van der Waals surface area contributed by atoms with Crippen LogP contribution in [0.2, 0.25) is 0 Å². The molecule has 0 amide bonds. The predicted octanol–water partition coefficient (Wildman–Crippen LogP) is 3.30. The van der Waals surface area contributed by atoms with Crippen LogP contribution < -0.4 is 0 Å². The number of allylic oxidation sites excluding steroid dienone is 2. The van der Waals surface area contributed by atoms with Crippen LogP contribution in [0.5, 0.6) is 0 Å². The Hall–Kier alpha value is -0.620. The van der Waals surface area contributed by atoms with Gasteiger partial charge in [0.15, 0.2) is 6.29 Å². The Morgan fingerprint density at radius 2 is 1.60 bits per heavy atom. The van der Waals surface area contributed by atoms with E-state index < -0.39 is 66.6 Å². The van der Waals surface area contributed by atoms with Crippen molar-refractivity contribution in [1.29, 1.82) is 0 Å². The highest BCUT2D eigenvalue weighted by Gasteiger charge is 2.72. The van der Waals surface area contributed by atoms with Crippen molar-refractivity contribution in [1.82, 2.24) is 0 Å². The summed E-state index contributed by atoms with van der Waals surface area (Å²) in [6.45, 7) is 16.5. The van der Waals surface area contributed by atoms with Crippen LogP contribution in [0.25, 0.3) is 0 Å². The van der Waals surface area contributed by atoms with Gasteiger partial charge in [0.2, 0.25) is 0 Å². The van der Waals surface area contributed by atoms with Crippen molar-refractivity contribution in [2.24, 2.45) is 45.3 Å². The minimum absolute atomic E-state index is 0.0624. The molecule has 0 bridgehead atoms. The van der Waals surface area contributed by atoms with Crippen LogP contribution in [0.4, 0.5) is 0 Å². The predicted molar refractivity (Wildman–Crippen MR) is 170 cm³/mol. The smallest absolute Gasteiger partial charge is 0.186 e. The SMILES string of the molecule is C/C(=C/CCC(C)(C)O)[C@H]1CC[C@]2(C)[C@@H]1C(O)C[C@@H]1[C@@]3(C)CCC(O)C(C)(C)[C@@H]3[C@@H](O[C@@H]3O[C@H](CO)[C@@H](O)[C@H](O)[C@H]3O)C[C@]12C. The number of hydrogen-bond donors (Lipinski definition) is 7. The number of ether oxygens (including phenoxy) is 2. The van der Waals surface area contributed by atoms with E-state index in [2.05, 4.69) is 47.6 Å². The maximum Gasteiger partial charge on any atom is 0.186 e. The van der Waals surface area contributed by atoms with Gasteiger partial charge in [-0.15, -0.1) is 0 Å². The van der Waals surface area contributed by atoms with Crippen molar-refractivity contribution >= 4 is 0 Å². The molecule has 15 atom stereocenters. The molecule has 0 aromatic heterocycles. The van der Waals surface area contributed by atoms with Crippen molar-refractivity contribution in [2.75, 3.05) is 6.61 Å². The average molecular weight is 639 g/mol. The summed E-state index contributed by atoms with van der Waals surface area (Å²) in [7, 11) is 0. The van der Waals surface area contributed by atoms with Crippen LogP contribution in [0.15, 0.2) is 11.6 Å². The standard InChI is InChI=1S/C36H62O9/c1-19(10-9-13-32(2,3)43)20-11-15-35(7)26(20)21(38)16-24-34(6)14-12-25(39)33(4,5)30(34)22(17-36(24,35)8)44-31-29(42)28(41)27(40)23(18-37)45-31/h10,20-31,37-43H,9,11-18H2,1-8H3/b19-10-/t20-,21?,22+,23-,24-,25?,26+,27-,28+,29-,30+,31-,34-,35-,36-/m1/s1. The van der Waals surface area contributed by atoms with Gasteiger partial charge in [0.1, 0.15) is 24.4 Å². The Bertz CT molecular complexity index is 1100. The second-order valence-corrected chi connectivity index (χ2v) is 17.6. The molecule has 5 rings (SSSR count). The maximum atomic E-state index is 12.1. The molecule has 0 radical (unpaired) electrons. The summed E-state index contributed by atoms with van der Waals surface area (Å²) in [4.78, 5) is 0. The highest BCUT2D eigenvalue weighted by atomic mass is 16.7. The number of hydrogen-bond acceptors (Lipinski definition) is 9. The van der Waals surface area contributed by atoms with Gasteiger partial charge in [-0.25, -0.2) is 0 Å². The van der Waals surface area contributed by atoms with Crippen molar-refractivity contribution < 1.29 is 45.2 Å². The lowest BCUT2D eigenvalue weighted by molar-refractivity contribution is -0.346.